The standard InChI is InChI=1S/C12H12ClNOS/c1-8(2)15-11-4-3-9(7-10(11)13)12-14-5-6-16-12/h3-8H,1-2H3. The van der Waals surface area contributed by atoms with E-state index in [0.717, 1.165) is 16.3 Å². The summed E-state index contributed by atoms with van der Waals surface area (Å²) in [5.74, 6) is 0.719. The van der Waals surface area contributed by atoms with Gasteiger partial charge in [0.2, 0.25) is 0 Å². The fourth-order valence-corrected chi connectivity index (χ4v) is 2.21. The Balaban J connectivity index is 2.29. The predicted octanol–water partition coefficient (Wildman–Crippen LogP) is 4.25. The molecule has 4 heteroatoms. The smallest absolute Gasteiger partial charge is 0.138 e. The molecule has 0 aliphatic rings. The SMILES string of the molecule is CC(C)Oc1ccc(-c2nccs2)cc1Cl. The Morgan fingerprint density at radius 1 is 1.38 bits per heavy atom. The highest BCUT2D eigenvalue weighted by Crippen LogP contribution is 2.31. The van der Waals surface area contributed by atoms with E-state index in [9.17, 15) is 0 Å². The van der Waals surface area contributed by atoms with E-state index in [2.05, 4.69) is 4.98 Å². The maximum atomic E-state index is 6.14. The van der Waals surface area contributed by atoms with Gasteiger partial charge in [-0.25, -0.2) is 4.98 Å². The summed E-state index contributed by atoms with van der Waals surface area (Å²) in [4.78, 5) is 4.24. The zero-order chi connectivity index (χ0) is 11.5. The van der Waals surface area contributed by atoms with Crippen LogP contribution in [0.2, 0.25) is 5.02 Å². The normalized spacial score (nSPS) is 10.8. The zero-order valence-electron chi connectivity index (χ0n) is 9.11. The molecular weight excluding hydrogens is 242 g/mol. The van der Waals surface area contributed by atoms with E-state index in [1.807, 2.05) is 37.4 Å². The van der Waals surface area contributed by atoms with Crippen LogP contribution in [0, 0.1) is 0 Å². The van der Waals surface area contributed by atoms with Crippen molar-refractivity contribution in [2.75, 3.05) is 0 Å². The van der Waals surface area contributed by atoms with Gasteiger partial charge in [0.05, 0.1) is 11.1 Å². The van der Waals surface area contributed by atoms with Gasteiger partial charge >= 0.3 is 0 Å². The number of ether oxygens (including phenoxy) is 1. The average molecular weight is 254 g/mol. The number of halogens is 1. The Bertz CT molecular complexity index is 468. The molecular formula is C12H12ClNOS. The van der Waals surface area contributed by atoms with Gasteiger partial charge in [-0.2, -0.15) is 0 Å². The van der Waals surface area contributed by atoms with Crippen LogP contribution in [0.15, 0.2) is 29.8 Å². The van der Waals surface area contributed by atoms with Crippen LogP contribution in [0.3, 0.4) is 0 Å². The minimum atomic E-state index is 0.128. The van der Waals surface area contributed by atoms with Crippen molar-refractivity contribution in [1.29, 1.82) is 0 Å². The number of hydrogen-bond acceptors (Lipinski definition) is 3. The van der Waals surface area contributed by atoms with Crippen molar-refractivity contribution in [3.63, 3.8) is 0 Å². The third-order valence-electron chi connectivity index (χ3n) is 1.97. The van der Waals surface area contributed by atoms with Gasteiger partial charge in [0.25, 0.3) is 0 Å². The van der Waals surface area contributed by atoms with E-state index in [1.54, 1.807) is 17.5 Å². The van der Waals surface area contributed by atoms with E-state index >= 15 is 0 Å². The van der Waals surface area contributed by atoms with Gasteiger partial charge in [-0.15, -0.1) is 11.3 Å². The van der Waals surface area contributed by atoms with Gasteiger partial charge in [-0.1, -0.05) is 11.6 Å². The second-order valence-corrected chi connectivity index (χ2v) is 4.95. The Labute approximate surface area is 104 Å². The minimum absolute atomic E-state index is 0.128. The number of rotatable bonds is 3. The van der Waals surface area contributed by atoms with Crippen LogP contribution in [-0.4, -0.2) is 11.1 Å². The molecule has 0 bridgehead atoms. The molecule has 0 atom stereocenters. The van der Waals surface area contributed by atoms with Crippen molar-refractivity contribution in [1.82, 2.24) is 4.98 Å². The average Bonchev–Trinajstić information content (AvgIpc) is 2.73. The molecule has 0 amide bonds. The summed E-state index contributed by atoms with van der Waals surface area (Å²) in [6.07, 6.45) is 1.91. The first kappa shape index (κ1) is 11.4. The second kappa shape index (κ2) is 4.85. The number of benzene rings is 1. The van der Waals surface area contributed by atoms with E-state index < -0.39 is 0 Å². The largest absolute Gasteiger partial charge is 0.489 e. The molecule has 0 aliphatic heterocycles. The molecule has 0 spiro atoms. The first-order valence-electron chi connectivity index (χ1n) is 5.03. The lowest BCUT2D eigenvalue weighted by atomic mass is 10.2. The molecule has 1 heterocycles. The zero-order valence-corrected chi connectivity index (χ0v) is 10.7. The number of nitrogens with zero attached hydrogens (tertiary/aromatic N) is 1. The van der Waals surface area contributed by atoms with E-state index in [-0.39, 0.29) is 6.10 Å². The molecule has 1 aromatic heterocycles. The molecule has 16 heavy (non-hydrogen) atoms. The summed E-state index contributed by atoms with van der Waals surface area (Å²) < 4.78 is 5.57. The highest BCUT2D eigenvalue weighted by Gasteiger charge is 2.07. The summed E-state index contributed by atoms with van der Waals surface area (Å²) in [7, 11) is 0. The van der Waals surface area contributed by atoms with Crippen LogP contribution in [0.4, 0.5) is 0 Å². The van der Waals surface area contributed by atoms with Gasteiger partial charge < -0.3 is 4.74 Å². The Hall–Kier alpha value is -1.06. The molecule has 2 rings (SSSR count). The topological polar surface area (TPSA) is 22.1 Å². The van der Waals surface area contributed by atoms with Crippen molar-refractivity contribution < 1.29 is 4.74 Å². The highest BCUT2D eigenvalue weighted by atomic mass is 35.5. The van der Waals surface area contributed by atoms with Crippen molar-refractivity contribution in [3.8, 4) is 16.3 Å². The van der Waals surface area contributed by atoms with Gasteiger partial charge in [-0.3, -0.25) is 0 Å². The Kier molecular flexibility index (Phi) is 3.46. The van der Waals surface area contributed by atoms with Crippen molar-refractivity contribution in [2.24, 2.45) is 0 Å². The maximum absolute atomic E-state index is 6.14. The minimum Gasteiger partial charge on any atom is -0.489 e. The van der Waals surface area contributed by atoms with Crippen LogP contribution in [0.25, 0.3) is 10.6 Å². The number of hydrogen-bond donors (Lipinski definition) is 0. The fraction of sp³-hybridized carbons (Fsp3) is 0.250. The van der Waals surface area contributed by atoms with Crippen LogP contribution >= 0.6 is 22.9 Å². The van der Waals surface area contributed by atoms with Crippen LogP contribution < -0.4 is 4.74 Å². The summed E-state index contributed by atoms with van der Waals surface area (Å²) in [6.45, 7) is 3.95. The van der Waals surface area contributed by atoms with Crippen LogP contribution in [0.5, 0.6) is 5.75 Å². The molecule has 0 aliphatic carbocycles. The van der Waals surface area contributed by atoms with Gasteiger partial charge in [0, 0.05) is 17.1 Å². The quantitative estimate of drug-likeness (QED) is 0.816. The molecule has 0 saturated heterocycles. The monoisotopic (exact) mass is 253 g/mol. The van der Waals surface area contributed by atoms with Crippen molar-refractivity contribution in [2.45, 2.75) is 20.0 Å². The lowest BCUT2D eigenvalue weighted by molar-refractivity contribution is 0.242. The van der Waals surface area contributed by atoms with Crippen molar-refractivity contribution >= 4 is 22.9 Å². The summed E-state index contributed by atoms with van der Waals surface area (Å²) in [6, 6.07) is 5.75. The van der Waals surface area contributed by atoms with E-state index in [4.69, 9.17) is 16.3 Å². The molecule has 0 saturated carbocycles. The van der Waals surface area contributed by atoms with Gasteiger partial charge in [0.1, 0.15) is 10.8 Å². The fourth-order valence-electron chi connectivity index (χ4n) is 1.35. The van der Waals surface area contributed by atoms with Gasteiger partial charge in [-0.05, 0) is 32.0 Å². The molecule has 2 nitrogen and oxygen atoms in total. The molecule has 1 aromatic carbocycles. The molecule has 0 radical (unpaired) electrons. The maximum Gasteiger partial charge on any atom is 0.138 e. The van der Waals surface area contributed by atoms with Crippen molar-refractivity contribution in [3.05, 3.63) is 34.8 Å². The number of aromatic nitrogens is 1. The summed E-state index contributed by atoms with van der Waals surface area (Å²) in [5.41, 5.74) is 1.02. The van der Waals surface area contributed by atoms with E-state index in [0.29, 0.717) is 5.02 Å². The van der Waals surface area contributed by atoms with E-state index in [1.165, 1.54) is 0 Å². The summed E-state index contributed by atoms with van der Waals surface area (Å²) >= 11 is 7.74. The third kappa shape index (κ3) is 2.54. The first-order valence-corrected chi connectivity index (χ1v) is 6.28. The molecule has 2 aromatic rings. The van der Waals surface area contributed by atoms with Gasteiger partial charge in [0.15, 0.2) is 0 Å². The highest BCUT2D eigenvalue weighted by molar-refractivity contribution is 7.13. The Morgan fingerprint density at radius 3 is 2.75 bits per heavy atom. The van der Waals surface area contributed by atoms with Crippen LogP contribution in [0.1, 0.15) is 13.8 Å². The third-order valence-corrected chi connectivity index (χ3v) is 3.09. The molecule has 0 unspecified atom stereocenters. The summed E-state index contributed by atoms with van der Waals surface area (Å²) in [5, 5.41) is 3.54. The predicted molar refractivity (Wildman–Crippen MR) is 68.3 cm³/mol. The number of thiazole rings is 1. The first-order chi connectivity index (χ1) is 7.66. The molecule has 84 valence electrons. The molecule has 0 N–H and O–H groups in total. The van der Waals surface area contributed by atoms with Crippen LogP contribution in [-0.2, 0) is 0 Å². The molecule has 0 fully saturated rings. The Morgan fingerprint density at radius 2 is 2.19 bits per heavy atom. The second-order valence-electron chi connectivity index (χ2n) is 3.65. The lowest BCUT2D eigenvalue weighted by Crippen LogP contribution is -2.05. The lowest BCUT2D eigenvalue weighted by Gasteiger charge is -2.11.